The highest BCUT2D eigenvalue weighted by Crippen LogP contribution is 2.72. The van der Waals surface area contributed by atoms with E-state index in [9.17, 15) is 0 Å². The van der Waals surface area contributed by atoms with Gasteiger partial charge in [0.05, 0.1) is 0 Å². The zero-order valence-electron chi connectivity index (χ0n) is 11.9. The van der Waals surface area contributed by atoms with Crippen LogP contribution in [0.25, 0.3) is 10.1 Å². The number of hydrogen-bond donors (Lipinski definition) is 1. The Kier molecular flexibility index (Phi) is 2.40. The van der Waals surface area contributed by atoms with E-state index < -0.39 is 0 Å². The lowest BCUT2D eigenvalue weighted by molar-refractivity contribution is 0.387. The van der Waals surface area contributed by atoms with Crippen LogP contribution in [0.15, 0.2) is 29.6 Å². The average molecular weight is 283 g/mol. The number of nitrogens with one attached hydrogen (secondary N) is 1. The second-order valence-electron chi connectivity index (χ2n) is 7.02. The summed E-state index contributed by atoms with van der Waals surface area (Å²) in [6.07, 6.45) is 4.58. The summed E-state index contributed by atoms with van der Waals surface area (Å²) in [7, 11) is 2.16. The molecule has 20 heavy (non-hydrogen) atoms. The predicted octanol–water partition coefficient (Wildman–Crippen LogP) is 4.45. The maximum atomic E-state index is 3.67. The predicted molar refractivity (Wildman–Crippen MR) is 84.9 cm³/mol. The fourth-order valence-electron chi connectivity index (χ4n) is 5.65. The maximum Gasteiger partial charge on any atom is 0.0390 e. The minimum Gasteiger partial charge on any atom is -0.313 e. The highest BCUT2D eigenvalue weighted by atomic mass is 32.1. The zero-order valence-corrected chi connectivity index (χ0v) is 12.7. The molecule has 3 aliphatic rings. The van der Waals surface area contributed by atoms with Gasteiger partial charge in [-0.15, -0.1) is 11.3 Å². The van der Waals surface area contributed by atoms with Crippen LogP contribution in [0.3, 0.4) is 0 Å². The molecule has 5 rings (SSSR count). The number of benzene rings is 1. The fourth-order valence-corrected chi connectivity index (χ4v) is 6.61. The molecule has 5 atom stereocenters. The van der Waals surface area contributed by atoms with E-state index in [2.05, 4.69) is 42.0 Å². The van der Waals surface area contributed by atoms with Crippen molar-refractivity contribution in [2.75, 3.05) is 7.05 Å². The van der Waals surface area contributed by atoms with Crippen molar-refractivity contribution >= 4 is 21.4 Å². The first-order chi connectivity index (χ1) is 9.88. The van der Waals surface area contributed by atoms with E-state index in [1.165, 1.54) is 22.9 Å². The number of rotatable bonds is 3. The largest absolute Gasteiger partial charge is 0.313 e. The Labute approximate surface area is 124 Å². The molecule has 3 fully saturated rings. The van der Waals surface area contributed by atoms with Gasteiger partial charge in [-0.1, -0.05) is 18.2 Å². The molecule has 1 aromatic carbocycles. The molecule has 2 aromatic rings. The van der Waals surface area contributed by atoms with Crippen LogP contribution in [-0.4, -0.2) is 7.05 Å². The molecule has 1 heterocycles. The molecule has 1 aromatic heterocycles. The summed E-state index contributed by atoms with van der Waals surface area (Å²) < 4.78 is 1.50. The van der Waals surface area contributed by atoms with Crippen LogP contribution in [0.2, 0.25) is 0 Å². The molecule has 1 nitrogen and oxygen atoms in total. The highest BCUT2D eigenvalue weighted by Gasteiger charge is 2.66. The summed E-state index contributed by atoms with van der Waals surface area (Å²) in [5.41, 5.74) is 1.55. The second kappa shape index (κ2) is 4.08. The van der Waals surface area contributed by atoms with E-state index in [-0.39, 0.29) is 0 Å². The molecule has 0 radical (unpaired) electrons. The lowest BCUT2D eigenvalue weighted by Gasteiger charge is -2.21. The van der Waals surface area contributed by atoms with Crippen molar-refractivity contribution in [1.29, 1.82) is 0 Å². The van der Waals surface area contributed by atoms with E-state index in [1.807, 2.05) is 11.3 Å². The van der Waals surface area contributed by atoms with Gasteiger partial charge in [0, 0.05) is 10.7 Å². The molecular formula is C18H21NS. The normalized spacial score (nSPS) is 39.1. The molecule has 3 aliphatic carbocycles. The van der Waals surface area contributed by atoms with Gasteiger partial charge < -0.3 is 5.32 Å². The highest BCUT2D eigenvalue weighted by molar-refractivity contribution is 7.17. The van der Waals surface area contributed by atoms with Crippen LogP contribution in [-0.2, 0) is 0 Å². The van der Waals surface area contributed by atoms with Crippen LogP contribution in [0.5, 0.6) is 0 Å². The summed E-state index contributed by atoms with van der Waals surface area (Å²) in [5.74, 6) is 5.13. The molecule has 0 spiro atoms. The van der Waals surface area contributed by atoms with Gasteiger partial charge in [0.1, 0.15) is 0 Å². The first kappa shape index (κ1) is 11.8. The van der Waals surface area contributed by atoms with Gasteiger partial charge in [0.15, 0.2) is 0 Å². The summed E-state index contributed by atoms with van der Waals surface area (Å²) in [6, 6.07) is 9.68. The summed E-state index contributed by atoms with van der Waals surface area (Å²) in [4.78, 5) is 0. The molecule has 2 heteroatoms. The molecule has 0 amide bonds. The molecule has 3 saturated carbocycles. The Morgan fingerprint density at radius 3 is 2.70 bits per heavy atom. The Morgan fingerprint density at radius 2 is 1.95 bits per heavy atom. The molecule has 104 valence electrons. The van der Waals surface area contributed by atoms with Crippen molar-refractivity contribution in [1.82, 2.24) is 5.32 Å². The van der Waals surface area contributed by atoms with E-state index in [0.717, 1.165) is 29.6 Å². The summed E-state index contributed by atoms with van der Waals surface area (Å²) >= 11 is 1.91. The molecule has 0 saturated heterocycles. The quantitative estimate of drug-likeness (QED) is 0.877. The van der Waals surface area contributed by atoms with Crippen LogP contribution >= 0.6 is 11.3 Å². The Morgan fingerprint density at radius 1 is 1.15 bits per heavy atom. The van der Waals surface area contributed by atoms with Gasteiger partial charge in [0.25, 0.3) is 0 Å². The smallest absolute Gasteiger partial charge is 0.0390 e. The average Bonchev–Trinajstić information content (AvgIpc) is 2.91. The molecule has 0 aliphatic heterocycles. The minimum atomic E-state index is 0.579. The van der Waals surface area contributed by atoms with Crippen LogP contribution in [0.1, 0.15) is 30.9 Å². The topological polar surface area (TPSA) is 12.0 Å². The van der Waals surface area contributed by atoms with Crippen LogP contribution in [0, 0.1) is 29.6 Å². The lowest BCUT2D eigenvalue weighted by Crippen LogP contribution is -2.22. The van der Waals surface area contributed by atoms with Crippen molar-refractivity contribution in [3.8, 4) is 0 Å². The number of hydrogen-bond acceptors (Lipinski definition) is 2. The van der Waals surface area contributed by atoms with Gasteiger partial charge in [-0.3, -0.25) is 0 Å². The van der Waals surface area contributed by atoms with Gasteiger partial charge in [-0.2, -0.15) is 0 Å². The Hall–Kier alpha value is -0.860. The molecule has 1 N–H and O–H groups in total. The van der Waals surface area contributed by atoms with Crippen molar-refractivity contribution in [2.24, 2.45) is 29.6 Å². The van der Waals surface area contributed by atoms with Gasteiger partial charge in [0.2, 0.25) is 0 Å². The maximum absolute atomic E-state index is 3.67. The van der Waals surface area contributed by atoms with E-state index in [1.54, 1.807) is 12.0 Å². The molecular weight excluding hydrogens is 262 g/mol. The summed E-state index contributed by atoms with van der Waals surface area (Å²) in [6.45, 7) is 0. The lowest BCUT2D eigenvalue weighted by atomic mass is 9.92. The van der Waals surface area contributed by atoms with Crippen molar-refractivity contribution in [3.63, 3.8) is 0 Å². The third-order valence-electron chi connectivity index (χ3n) is 6.34. The van der Waals surface area contributed by atoms with Gasteiger partial charge >= 0.3 is 0 Å². The van der Waals surface area contributed by atoms with Gasteiger partial charge in [-0.25, -0.2) is 0 Å². The molecule has 5 unspecified atom stereocenters. The third kappa shape index (κ3) is 1.42. The number of fused-ring (bicyclic) bond motifs is 6. The van der Waals surface area contributed by atoms with Gasteiger partial charge in [-0.05, 0) is 78.3 Å². The van der Waals surface area contributed by atoms with E-state index >= 15 is 0 Å². The van der Waals surface area contributed by atoms with E-state index in [4.69, 9.17) is 0 Å². The molecule has 2 bridgehead atoms. The van der Waals surface area contributed by atoms with Crippen molar-refractivity contribution in [2.45, 2.75) is 25.3 Å². The third-order valence-corrected chi connectivity index (χ3v) is 7.31. The SMILES string of the molecule is CNC(c1cccc2ccsc12)C1C2C3CCC(C3)C21. The standard InChI is InChI=1S/C18H21NS/c1-19-17(13-4-2-3-10-7-8-20-18(10)13)16-14-11-5-6-12(9-11)15(14)16/h2-4,7-8,11-12,14-17,19H,5-6,9H2,1H3. The van der Waals surface area contributed by atoms with Crippen LogP contribution < -0.4 is 5.32 Å². The first-order valence-corrected chi connectivity index (χ1v) is 8.90. The summed E-state index contributed by atoms with van der Waals surface area (Å²) in [5, 5.41) is 7.32. The second-order valence-corrected chi connectivity index (χ2v) is 7.93. The van der Waals surface area contributed by atoms with Crippen molar-refractivity contribution < 1.29 is 0 Å². The monoisotopic (exact) mass is 283 g/mol. The number of thiophene rings is 1. The van der Waals surface area contributed by atoms with E-state index in [0.29, 0.717) is 6.04 Å². The Bertz CT molecular complexity index is 644. The first-order valence-electron chi connectivity index (χ1n) is 8.02. The Balaban J connectivity index is 1.54. The van der Waals surface area contributed by atoms with Crippen LogP contribution in [0.4, 0.5) is 0 Å². The minimum absolute atomic E-state index is 0.579. The van der Waals surface area contributed by atoms with Crippen molar-refractivity contribution in [3.05, 3.63) is 35.2 Å². The fraction of sp³-hybridized carbons (Fsp3) is 0.556. The zero-order chi connectivity index (χ0) is 13.3.